The molecule has 2 atom stereocenters. The lowest BCUT2D eigenvalue weighted by Gasteiger charge is -2.24. The summed E-state index contributed by atoms with van der Waals surface area (Å²) in [4.78, 5) is 4.55. The van der Waals surface area contributed by atoms with Crippen LogP contribution in [0.3, 0.4) is 0 Å². The fourth-order valence-electron chi connectivity index (χ4n) is 3.58. The van der Waals surface area contributed by atoms with E-state index in [2.05, 4.69) is 10.3 Å². The van der Waals surface area contributed by atoms with Crippen LogP contribution in [0.25, 0.3) is 4.96 Å². The van der Waals surface area contributed by atoms with E-state index in [1.54, 1.807) is 29.8 Å². The summed E-state index contributed by atoms with van der Waals surface area (Å²) in [5.41, 5.74) is 0.990. The van der Waals surface area contributed by atoms with Crippen LogP contribution in [0.1, 0.15) is 17.9 Å². The molecule has 2 aromatic heterocycles. The minimum atomic E-state index is -4.12. The largest absolute Gasteiger partial charge is 0.488 e. The first-order valence-electron chi connectivity index (χ1n) is 8.10. The summed E-state index contributed by atoms with van der Waals surface area (Å²) < 4.78 is 38.3. The van der Waals surface area contributed by atoms with Gasteiger partial charge in [0.25, 0.3) is 0 Å². The van der Waals surface area contributed by atoms with Crippen molar-refractivity contribution in [2.75, 3.05) is 13.1 Å². The molecule has 136 valence electrons. The normalized spacial score (nSPS) is 22.0. The highest BCUT2D eigenvalue weighted by molar-refractivity contribution is 7.87. The molecular formula is C16H14ClN3O4S2. The van der Waals surface area contributed by atoms with Gasteiger partial charge in [-0.15, -0.1) is 11.3 Å². The average molecular weight is 412 g/mol. The molecule has 2 aliphatic heterocycles. The van der Waals surface area contributed by atoms with E-state index in [-0.39, 0.29) is 28.0 Å². The highest BCUT2D eigenvalue weighted by Crippen LogP contribution is 2.43. The number of piperidine rings is 1. The van der Waals surface area contributed by atoms with Gasteiger partial charge in [-0.1, -0.05) is 11.6 Å². The molecule has 0 aliphatic carbocycles. The van der Waals surface area contributed by atoms with E-state index < -0.39 is 10.1 Å². The van der Waals surface area contributed by atoms with Gasteiger partial charge in [-0.3, -0.25) is 4.40 Å². The third-order valence-electron chi connectivity index (χ3n) is 4.71. The fraction of sp³-hybridized carbons (Fsp3) is 0.312. The zero-order chi connectivity index (χ0) is 17.9. The highest BCUT2D eigenvalue weighted by atomic mass is 35.5. The van der Waals surface area contributed by atoms with Crippen molar-refractivity contribution in [2.24, 2.45) is 0 Å². The van der Waals surface area contributed by atoms with Crippen LogP contribution >= 0.6 is 22.9 Å². The van der Waals surface area contributed by atoms with E-state index in [1.165, 1.54) is 15.7 Å². The molecule has 5 rings (SSSR count). The molecule has 0 amide bonds. The number of thiazole rings is 1. The van der Waals surface area contributed by atoms with Crippen molar-refractivity contribution in [3.8, 4) is 11.5 Å². The van der Waals surface area contributed by atoms with Gasteiger partial charge in [0.05, 0.1) is 0 Å². The quantitative estimate of drug-likeness (QED) is 0.667. The van der Waals surface area contributed by atoms with Crippen molar-refractivity contribution in [3.63, 3.8) is 0 Å². The molecule has 7 nitrogen and oxygen atoms in total. The maximum absolute atomic E-state index is 12.8. The fourth-order valence-corrected chi connectivity index (χ4v) is 5.93. The predicted molar refractivity (Wildman–Crippen MR) is 97.0 cm³/mol. The van der Waals surface area contributed by atoms with Gasteiger partial charge in [0.15, 0.2) is 10.1 Å². The molecule has 1 aromatic carbocycles. The number of hydrogen-bond acceptors (Lipinski definition) is 7. The second kappa shape index (κ2) is 5.85. The first-order chi connectivity index (χ1) is 12.5. The Hall–Kier alpha value is -1.81. The number of benzene rings is 1. The SMILES string of the molecule is O=S(=O)(Oc1ccc2c(c1)C1CCNCC1O2)c1c(Cl)nc2sccn12. The minimum Gasteiger partial charge on any atom is -0.488 e. The molecular weight excluding hydrogens is 398 g/mol. The summed E-state index contributed by atoms with van der Waals surface area (Å²) in [6.45, 7) is 1.70. The number of halogens is 1. The van der Waals surface area contributed by atoms with Crippen LogP contribution < -0.4 is 14.2 Å². The molecule has 1 saturated heterocycles. The summed E-state index contributed by atoms with van der Waals surface area (Å²) in [5.74, 6) is 1.28. The first kappa shape index (κ1) is 16.4. The second-order valence-corrected chi connectivity index (χ2v) is 8.95. The number of nitrogens with zero attached hydrogens (tertiary/aromatic N) is 2. The Morgan fingerprint density at radius 3 is 3.19 bits per heavy atom. The van der Waals surface area contributed by atoms with Crippen molar-refractivity contribution in [3.05, 3.63) is 40.5 Å². The second-order valence-electron chi connectivity index (χ2n) is 6.26. The average Bonchev–Trinajstić information content (AvgIpc) is 3.26. The summed E-state index contributed by atoms with van der Waals surface area (Å²) in [7, 11) is -4.12. The lowest BCUT2D eigenvalue weighted by Crippen LogP contribution is -2.39. The molecule has 1 N–H and O–H groups in total. The Kier molecular flexibility index (Phi) is 3.68. The molecule has 1 fully saturated rings. The maximum atomic E-state index is 12.8. The zero-order valence-corrected chi connectivity index (χ0v) is 15.8. The van der Waals surface area contributed by atoms with E-state index in [1.807, 2.05) is 0 Å². The predicted octanol–water partition coefficient (Wildman–Crippen LogP) is 2.65. The van der Waals surface area contributed by atoms with Crippen molar-refractivity contribution < 1.29 is 17.3 Å². The molecule has 0 bridgehead atoms. The number of nitrogens with one attached hydrogen (secondary N) is 1. The van der Waals surface area contributed by atoms with Crippen molar-refractivity contribution >= 4 is 38.0 Å². The number of fused-ring (bicyclic) bond motifs is 4. The van der Waals surface area contributed by atoms with Gasteiger partial charge in [-0.2, -0.15) is 8.42 Å². The zero-order valence-electron chi connectivity index (χ0n) is 13.4. The van der Waals surface area contributed by atoms with E-state index >= 15 is 0 Å². The number of rotatable bonds is 3. The van der Waals surface area contributed by atoms with Crippen LogP contribution in [0.4, 0.5) is 0 Å². The van der Waals surface area contributed by atoms with Gasteiger partial charge in [0.1, 0.15) is 17.6 Å². The third-order valence-corrected chi connectivity index (χ3v) is 7.11. The number of aromatic nitrogens is 2. The van der Waals surface area contributed by atoms with Crippen molar-refractivity contribution in [1.29, 1.82) is 0 Å². The standard InChI is InChI=1S/C16H14ClN3O4S2/c17-14-15(20-5-6-25-16(20)19-14)26(21,22)24-9-1-2-12-11(7-9)10-3-4-18-8-13(10)23-12/h1-2,5-7,10,13,18H,3-4,8H2. The summed E-state index contributed by atoms with van der Waals surface area (Å²) >= 11 is 7.33. The molecule has 2 unspecified atom stereocenters. The van der Waals surface area contributed by atoms with Gasteiger partial charge < -0.3 is 14.2 Å². The Labute approximate surface area is 158 Å². The molecule has 0 radical (unpaired) electrons. The highest BCUT2D eigenvalue weighted by Gasteiger charge is 2.37. The van der Waals surface area contributed by atoms with Crippen LogP contribution in [-0.2, 0) is 10.1 Å². The first-order valence-corrected chi connectivity index (χ1v) is 10.8. The topological polar surface area (TPSA) is 81.9 Å². The van der Waals surface area contributed by atoms with Gasteiger partial charge in [-0.25, -0.2) is 4.98 Å². The molecule has 3 aromatic rings. The smallest absolute Gasteiger partial charge is 0.358 e. The van der Waals surface area contributed by atoms with Gasteiger partial charge in [-0.05, 0) is 31.2 Å². The van der Waals surface area contributed by atoms with E-state index in [0.29, 0.717) is 4.96 Å². The third kappa shape index (κ3) is 2.50. The summed E-state index contributed by atoms with van der Waals surface area (Å²) in [6.07, 6.45) is 2.63. The molecule has 4 heterocycles. The van der Waals surface area contributed by atoms with Crippen LogP contribution in [0.5, 0.6) is 11.5 Å². The number of hydrogen-bond donors (Lipinski definition) is 1. The Morgan fingerprint density at radius 2 is 2.31 bits per heavy atom. The van der Waals surface area contributed by atoms with Crippen LogP contribution in [0.2, 0.25) is 5.15 Å². The lowest BCUT2D eigenvalue weighted by molar-refractivity contribution is 0.177. The Morgan fingerprint density at radius 1 is 1.42 bits per heavy atom. The summed E-state index contributed by atoms with van der Waals surface area (Å²) in [6, 6.07) is 5.11. The number of ether oxygens (including phenoxy) is 1. The van der Waals surface area contributed by atoms with Crippen LogP contribution in [-0.4, -0.2) is 37.0 Å². The summed E-state index contributed by atoms with van der Waals surface area (Å²) in [5, 5.41) is 4.79. The number of imidazole rings is 1. The molecule has 26 heavy (non-hydrogen) atoms. The monoisotopic (exact) mass is 411 g/mol. The van der Waals surface area contributed by atoms with Gasteiger partial charge in [0.2, 0.25) is 5.03 Å². The van der Waals surface area contributed by atoms with Crippen LogP contribution in [0.15, 0.2) is 34.8 Å². The van der Waals surface area contributed by atoms with E-state index in [4.69, 9.17) is 20.5 Å². The molecule has 0 saturated carbocycles. The van der Waals surface area contributed by atoms with Gasteiger partial charge in [0, 0.05) is 29.6 Å². The van der Waals surface area contributed by atoms with Crippen molar-refractivity contribution in [2.45, 2.75) is 23.5 Å². The van der Waals surface area contributed by atoms with Crippen molar-refractivity contribution in [1.82, 2.24) is 14.7 Å². The molecule has 2 aliphatic rings. The molecule has 0 spiro atoms. The van der Waals surface area contributed by atoms with Crippen LogP contribution in [0, 0.1) is 0 Å². The lowest BCUT2D eigenvalue weighted by atomic mass is 9.90. The van der Waals surface area contributed by atoms with Gasteiger partial charge >= 0.3 is 10.1 Å². The Bertz CT molecular complexity index is 1110. The Balaban J connectivity index is 1.50. The maximum Gasteiger partial charge on any atom is 0.358 e. The molecule has 10 heteroatoms. The van der Waals surface area contributed by atoms with E-state index in [9.17, 15) is 8.42 Å². The van der Waals surface area contributed by atoms with E-state index in [0.717, 1.165) is 30.8 Å². The minimum absolute atomic E-state index is 0.0836.